The van der Waals surface area contributed by atoms with Gasteiger partial charge >= 0.3 is 0 Å². The molecule has 180 valence electrons. The summed E-state index contributed by atoms with van der Waals surface area (Å²) in [4.78, 5) is 28.4. The van der Waals surface area contributed by atoms with Crippen LogP contribution in [0.25, 0.3) is 16.5 Å². The number of allylic oxidation sites excluding steroid dienone is 1. The van der Waals surface area contributed by atoms with Crippen molar-refractivity contribution in [1.82, 2.24) is 9.21 Å². The van der Waals surface area contributed by atoms with Crippen LogP contribution in [0, 0.1) is 0 Å². The summed E-state index contributed by atoms with van der Waals surface area (Å²) in [6, 6.07) is 19.3. The van der Waals surface area contributed by atoms with Gasteiger partial charge in [-0.1, -0.05) is 48.5 Å². The molecule has 3 aromatic rings. The molecule has 7 nitrogen and oxygen atoms in total. The number of sulfonamides is 1. The van der Waals surface area contributed by atoms with Crippen LogP contribution in [0.4, 0.5) is 0 Å². The van der Waals surface area contributed by atoms with Crippen LogP contribution in [0.3, 0.4) is 0 Å². The highest BCUT2D eigenvalue weighted by Gasteiger charge is 2.39. The number of rotatable bonds is 5. The first kappa shape index (κ1) is 23.1. The Morgan fingerprint density at radius 2 is 1.57 bits per heavy atom. The lowest BCUT2D eigenvalue weighted by atomic mass is 10.0. The number of carbonyl (C=O) groups is 2. The summed E-state index contributed by atoms with van der Waals surface area (Å²) in [6.45, 7) is 1.08. The Balaban J connectivity index is 1.59. The molecule has 0 atom stereocenters. The van der Waals surface area contributed by atoms with E-state index >= 15 is 0 Å². The molecule has 0 saturated carbocycles. The van der Waals surface area contributed by atoms with Crippen LogP contribution in [-0.2, 0) is 19.6 Å². The Kier molecular flexibility index (Phi) is 6.06. The van der Waals surface area contributed by atoms with E-state index in [-0.39, 0.29) is 34.4 Å². The predicted molar refractivity (Wildman–Crippen MR) is 133 cm³/mol. The molecule has 8 heteroatoms. The van der Waals surface area contributed by atoms with Gasteiger partial charge in [-0.25, -0.2) is 8.42 Å². The fraction of sp³-hybridized carbons (Fsp3) is 0.259. The normalized spacial score (nSPS) is 17.3. The van der Waals surface area contributed by atoms with E-state index in [1.165, 1.54) is 13.1 Å². The summed E-state index contributed by atoms with van der Waals surface area (Å²) < 4.78 is 33.6. The number of amides is 1. The lowest BCUT2D eigenvalue weighted by Crippen LogP contribution is -2.39. The molecule has 5 rings (SSSR count). The third-order valence-corrected chi connectivity index (χ3v) is 8.39. The first-order chi connectivity index (χ1) is 16.9. The summed E-state index contributed by atoms with van der Waals surface area (Å²) in [5.74, 6) is -0.568. The van der Waals surface area contributed by atoms with E-state index in [0.717, 1.165) is 34.3 Å². The molecule has 2 aliphatic heterocycles. The molecule has 1 amide bonds. The molecule has 3 aromatic carbocycles. The largest absolute Gasteiger partial charge is 0.481 e. The van der Waals surface area contributed by atoms with Crippen molar-refractivity contribution < 1.29 is 22.7 Å². The van der Waals surface area contributed by atoms with E-state index < -0.39 is 15.8 Å². The van der Waals surface area contributed by atoms with E-state index in [1.54, 1.807) is 35.2 Å². The lowest BCUT2D eigenvalue weighted by Gasteiger charge is -2.31. The number of likely N-dealkylation sites (N-methyl/N-ethyl adjacent to an activating group) is 1. The van der Waals surface area contributed by atoms with E-state index in [0.29, 0.717) is 18.7 Å². The van der Waals surface area contributed by atoms with Gasteiger partial charge < -0.3 is 9.64 Å². The van der Waals surface area contributed by atoms with Crippen LogP contribution in [0.15, 0.2) is 77.3 Å². The molecule has 35 heavy (non-hydrogen) atoms. The minimum Gasteiger partial charge on any atom is -0.481 e. The Morgan fingerprint density at radius 3 is 2.34 bits per heavy atom. The number of nitrogens with zero attached hydrogens (tertiary/aromatic N) is 2. The van der Waals surface area contributed by atoms with Crippen LogP contribution < -0.4 is 0 Å². The van der Waals surface area contributed by atoms with E-state index in [4.69, 9.17) is 4.74 Å². The number of hydrogen-bond donors (Lipinski definition) is 0. The zero-order valence-electron chi connectivity index (χ0n) is 19.4. The topological polar surface area (TPSA) is 84.0 Å². The van der Waals surface area contributed by atoms with Crippen molar-refractivity contribution in [3.8, 4) is 0 Å². The van der Waals surface area contributed by atoms with Crippen molar-refractivity contribution >= 4 is 38.2 Å². The molecule has 0 aromatic heterocycles. The molecule has 0 N–H and O–H groups in total. The van der Waals surface area contributed by atoms with Crippen molar-refractivity contribution in [3.05, 3.63) is 83.6 Å². The van der Waals surface area contributed by atoms with Crippen LogP contribution in [0.2, 0.25) is 0 Å². The fourth-order valence-corrected chi connectivity index (χ4v) is 6.04. The summed E-state index contributed by atoms with van der Waals surface area (Å²) in [6.07, 6.45) is 2.99. The second-order valence-corrected chi connectivity index (χ2v) is 10.7. The van der Waals surface area contributed by atoms with Crippen LogP contribution >= 0.6 is 0 Å². The van der Waals surface area contributed by atoms with Crippen LogP contribution in [0.5, 0.6) is 0 Å². The third-order valence-electron chi connectivity index (χ3n) is 6.58. The highest BCUT2D eigenvalue weighted by molar-refractivity contribution is 7.89. The van der Waals surface area contributed by atoms with E-state index in [2.05, 4.69) is 0 Å². The molecule has 2 heterocycles. The quantitative estimate of drug-likeness (QED) is 0.504. The maximum Gasteiger partial charge on any atom is 0.265 e. The van der Waals surface area contributed by atoms with Gasteiger partial charge in [-0.3, -0.25) is 13.9 Å². The van der Waals surface area contributed by atoms with Gasteiger partial charge in [0.05, 0.1) is 4.90 Å². The Hall–Kier alpha value is -3.65. The number of likely N-dealkylation sites (tertiary alicyclic amines) is 1. The van der Waals surface area contributed by atoms with Crippen LogP contribution in [-0.4, -0.2) is 56.1 Å². The highest BCUT2D eigenvalue weighted by atomic mass is 32.2. The van der Waals surface area contributed by atoms with Gasteiger partial charge in [-0.2, -0.15) is 0 Å². The highest BCUT2D eigenvalue weighted by Crippen LogP contribution is 2.38. The van der Waals surface area contributed by atoms with E-state index in [9.17, 15) is 18.0 Å². The van der Waals surface area contributed by atoms with Crippen molar-refractivity contribution in [3.63, 3.8) is 0 Å². The first-order valence-corrected chi connectivity index (χ1v) is 13.1. The molecule has 0 radical (unpaired) electrons. The van der Waals surface area contributed by atoms with Gasteiger partial charge in [0.25, 0.3) is 15.9 Å². The minimum atomic E-state index is -3.98. The smallest absolute Gasteiger partial charge is 0.265 e. The van der Waals surface area contributed by atoms with Gasteiger partial charge in [0, 0.05) is 31.3 Å². The summed E-state index contributed by atoms with van der Waals surface area (Å²) in [5.41, 5.74) is 0.509. The van der Waals surface area contributed by atoms with Crippen LogP contribution in [0.1, 0.15) is 35.2 Å². The predicted octanol–water partition coefficient (Wildman–Crippen LogP) is 4.05. The number of piperidine rings is 1. The monoisotopic (exact) mass is 490 g/mol. The van der Waals surface area contributed by atoms with Crippen molar-refractivity contribution in [2.24, 2.45) is 0 Å². The van der Waals surface area contributed by atoms with Gasteiger partial charge in [0.1, 0.15) is 5.70 Å². The molecule has 1 saturated heterocycles. The number of carbonyl (C=O) groups excluding carboxylic acids is 2. The average Bonchev–Trinajstić information content (AvgIpc) is 2.90. The second kappa shape index (κ2) is 9.19. The maximum atomic E-state index is 13.8. The molecule has 2 aliphatic rings. The Labute approximate surface area is 204 Å². The van der Waals surface area contributed by atoms with E-state index in [1.807, 2.05) is 30.3 Å². The Morgan fingerprint density at radius 1 is 0.886 bits per heavy atom. The molecule has 1 fully saturated rings. The van der Waals surface area contributed by atoms with Gasteiger partial charge in [0.15, 0.2) is 12.4 Å². The van der Waals surface area contributed by atoms with Crippen molar-refractivity contribution in [1.29, 1.82) is 0 Å². The molecule has 0 unspecified atom stereocenters. The second-order valence-electron chi connectivity index (χ2n) is 8.77. The molecule has 0 aliphatic carbocycles. The van der Waals surface area contributed by atoms with Gasteiger partial charge in [0.2, 0.25) is 5.78 Å². The number of fused-ring (bicyclic) bond motifs is 2. The molecular weight excluding hydrogens is 464 g/mol. The SMILES string of the molecule is CN1C(C(=O)c2ccc3ccccc3c2)=C(OCC(=O)N2CCCCC2)c2ccccc2S1(=O)=O. The Bertz CT molecular complexity index is 1460. The summed E-state index contributed by atoms with van der Waals surface area (Å²) >= 11 is 0. The van der Waals surface area contributed by atoms with Gasteiger partial charge in [-0.05, 0) is 48.2 Å². The number of Topliss-reactive ketones (excluding diaryl/α,β-unsaturated/α-hetero) is 1. The molecule has 0 bridgehead atoms. The third kappa shape index (κ3) is 4.18. The minimum absolute atomic E-state index is 0.0398. The zero-order chi connectivity index (χ0) is 24.6. The summed E-state index contributed by atoms with van der Waals surface area (Å²) in [5, 5.41) is 1.83. The number of hydrogen-bond acceptors (Lipinski definition) is 5. The number of ether oxygens (including phenoxy) is 1. The van der Waals surface area contributed by atoms with Crippen molar-refractivity contribution in [2.75, 3.05) is 26.7 Å². The maximum absolute atomic E-state index is 13.8. The van der Waals surface area contributed by atoms with Crippen molar-refractivity contribution in [2.45, 2.75) is 24.2 Å². The molecule has 0 spiro atoms. The average molecular weight is 491 g/mol. The number of benzene rings is 3. The van der Waals surface area contributed by atoms with Gasteiger partial charge in [-0.15, -0.1) is 0 Å². The zero-order valence-corrected chi connectivity index (χ0v) is 20.3. The molecular formula is C27H26N2O5S. The fourth-order valence-electron chi connectivity index (χ4n) is 4.65. The lowest BCUT2D eigenvalue weighted by molar-refractivity contribution is -0.134. The number of ketones is 1. The summed E-state index contributed by atoms with van der Waals surface area (Å²) in [7, 11) is -2.64. The standard InChI is InChI=1S/C27H26N2O5S/c1-28-25(26(31)21-14-13-19-9-3-4-10-20(19)17-21)27(22-11-5-6-12-23(22)35(28,32)33)34-18-24(30)29-15-7-2-8-16-29/h3-6,9-14,17H,2,7-8,15-16,18H2,1H3. The first-order valence-electron chi connectivity index (χ1n) is 11.6.